The lowest BCUT2D eigenvalue weighted by Gasteiger charge is -2.07. The fourth-order valence-corrected chi connectivity index (χ4v) is 1.20. The summed E-state index contributed by atoms with van der Waals surface area (Å²) in [6.45, 7) is 0. The summed E-state index contributed by atoms with van der Waals surface area (Å²) in [5, 5.41) is 0. The average Bonchev–Trinajstić information content (AvgIpc) is 2.43. The molecule has 0 bridgehead atoms. The van der Waals surface area contributed by atoms with Crippen LogP contribution in [0.3, 0.4) is 0 Å². The monoisotopic (exact) mass is 269 g/mol. The summed E-state index contributed by atoms with van der Waals surface area (Å²) in [4.78, 5) is 11.2. The van der Waals surface area contributed by atoms with Gasteiger partial charge in [-0.3, -0.25) is 5.43 Å². The molecule has 1 heterocycles. The van der Waals surface area contributed by atoms with Crippen molar-refractivity contribution in [3.8, 4) is 17.8 Å². The van der Waals surface area contributed by atoms with Crippen LogP contribution in [0.2, 0.25) is 0 Å². The average molecular weight is 269 g/mol. The fourth-order valence-electron chi connectivity index (χ4n) is 1.20. The van der Waals surface area contributed by atoms with Crippen molar-refractivity contribution < 1.29 is 18.3 Å². The van der Waals surface area contributed by atoms with Gasteiger partial charge in [-0.05, 0) is 12.1 Å². The van der Waals surface area contributed by atoms with Crippen LogP contribution in [0.1, 0.15) is 0 Å². The Hall–Kier alpha value is -2.55. The van der Waals surface area contributed by atoms with E-state index in [1.165, 1.54) is 19.2 Å². The molecule has 19 heavy (non-hydrogen) atoms. The van der Waals surface area contributed by atoms with Crippen LogP contribution in [0.5, 0.6) is 17.8 Å². The van der Waals surface area contributed by atoms with E-state index in [2.05, 4.69) is 20.4 Å². The Morgan fingerprint density at radius 3 is 2.58 bits per heavy atom. The first kappa shape index (κ1) is 12.9. The van der Waals surface area contributed by atoms with Crippen molar-refractivity contribution in [1.29, 1.82) is 0 Å². The number of nitrogens with two attached hydrogens (primary N) is 1. The number of nitrogens with one attached hydrogen (secondary N) is 1. The zero-order valence-corrected chi connectivity index (χ0v) is 9.72. The Kier molecular flexibility index (Phi) is 3.66. The maximum atomic E-state index is 13.4. The predicted molar refractivity (Wildman–Crippen MR) is 60.6 cm³/mol. The van der Waals surface area contributed by atoms with Gasteiger partial charge in [-0.25, -0.2) is 10.2 Å². The summed E-state index contributed by atoms with van der Waals surface area (Å²) in [6, 6.07) is 3.10. The number of benzene rings is 1. The van der Waals surface area contributed by atoms with Crippen LogP contribution >= 0.6 is 0 Å². The zero-order valence-electron chi connectivity index (χ0n) is 9.72. The minimum atomic E-state index is -1.15. The highest BCUT2D eigenvalue weighted by molar-refractivity contribution is 5.30. The predicted octanol–water partition coefficient (Wildman–Crippen LogP) is 1.24. The lowest BCUT2D eigenvalue weighted by molar-refractivity contribution is 0.351. The number of methoxy groups -OCH3 is 1. The first-order valence-corrected chi connectivity index (χ1v) is 5.02. The molecule has 100 valence electrons. The molecule has 0 fully saturated rings. The van der Waals surface area contributed by atoms with Gasteiger partial charge < -0.3 is 9.47 Å². The summed E-state index contributed by atoms with van der Waals surface area (Å²) in [5.74, 6) is 2.54. The molecule has 3 N–H and O–H groups in total. The third-order valence-electron chi connectivity index (χ3n) is 2.02. The highest BCUT2D eigenvalue weighted by Crippen LogP contribution is 2.24. The van der Waals surface area contributed by atoms with E-state index in [1.807, 2.05) is 0 Å². The second kappa shape index (κ2) is 5.40. The van der Waals surface area contributed by atoms with E-state index in [4.69, 9.17) is 15.3 Å². The largest absolute Gasteiger partial charge is 0.467 e. The van der Waals surface area contributed by atoms with Gasteiger partial charge in [-0.1, -0.05) is 6.07 Å². The minimum absolute atomic E-state index is 0.0429. The van der Waals surface area contributed by atoms with Gasteiger partial charge in [-0.2, -0.15) is 14.4 Å². The molecule has 0 radical (unpaired) electrons. The van der Waals surface area contributed by atoms with E-state index in [9.17, 15) is 8.78 Å². The Morgan fingerprint density at radius 2 is 1.89 bits per heavy atom. The van der Waals surface area contributed by atoms with Crippen LogP contribution in [0.25, 0.3) is 0 Å². The minimum Gasteiger partial charge on any atom is -0.467 e. The first-order valence-electron chi connectivity index (χ1n) is 5.02. The fraction of sp³-hybridized carbons (Fsp3) is 0.100. The third-order valence-corrected chi connectivity index (χ3v) is 2.02. The molecule has 2 aromatic rings. The Bertz CT molecular complexity index is 574. The van der Waals surface area contributed by atoms with Gasteiger partial charge in [0, 0.05) is 0 Å². The number of aromatic nitrogens is 3. The molecule has 2 rings (SSSR count). The van der Waals surface area contributed by atoms with E-state index in [-0.39, 0.29) is 23.7 Å². The first-order chi connectivity index (χ1) is 9.13. The zero-order chi connectivity index (χ0) is 13.8. The van der Waals surface area contributed by atoms with Crippen LogP contribution in [-0.2, 0) is 0 Å². The number of ether oxygens (including phenoxy) is 2. The van der Waals surface area contributed by atoms with E-state index in [0.717, 1.165) is 6.07 Å². The van der Waals surface area contributed by atoms with Gasteiger partial charge in [0.25, 0.3) is 0 Å². The summed E-state index contributed by atoms with van der Waals surface area (Å²) >= 11 is 0. The van der Waals surface area contributed by atoms with Crippen molar-refractivity contribution in [1.82, 2.24) is 15.0 Å². The molecule has 0 aliphatic carbocycles. The molecule has 0 atom stereocenters. The Balaban J connectivity index is 2.34. The number of hydrazine groups is 1. The van der Waals surface area contributed by atoms with Crippen LogP contribution < -0.4 is 20.7 Å². The van der Waals surface area contributed by atoms with Gasteiger partial charge in [0.05, 0.1) is 7.11 Å². The molecule has 0 amide bonds. The Morgan fingerprint density at radius 1 is 1.16 bits per heavy atom. The highest BCUT2D eigenvalue weighted by atomic mass is 19.2. The van der Waals surface area contributed by atoms with Gasteiger partial charge in [0.15, 0.2) is 11.6 Å². The van der Waals surface area contributed by atoms with Crippen molar-refractivity contribution in [3.05, 3.63) is 29.8 Å². The van der Waals surface area contributed by atoms with Gasteiger partial charge >= 0.3 is 12.0 Å². The van der Waals surface area contributed by atoms with Gasteiger partial charge in [0.2, 0.25) is 11.8 Å². The molecule has 1 aromatic carbocycles. The summed E-state index contributed by atoms with van der Waals surface area (Å²) in [6.07, 6.45) is 0. The summed E-state index contributed by atoms with van der Waals surface area (Å²) < 4.78 is 36.2. The van der Waals surface area contributed by atoms with E-state index < -0.39 is 11.6 Å². The normalized spacial score (nSPS) is 10.1. The molecule has 0 saturated carbocycles. The van der Waals surface area contributed by atoms with E-state index >= 15 is 0 Å². The van der Waals surface area contributed by atoms with Crippen LogP contribution in [0, 0.1) is 11.6 Å². The Labute approximate surface area is 106 Å². The molecule has 0 aliphatic heterocycles. The summed E-state index contributed by atoms with van der Waals surface area (Å²) in [5.41, 5.74) is 2.16. The van der Waals surface area contributed by atoms with Crippen molar-refractivity contribution in [2.24, 2.45) is 5.84 Å². The second-order valence-corrected chi connectivity index (χ2v) is 3.23. The second-order valence-electron chi connectivity index (χ2n) is 3.23. The number of rotatable bonds is 4. The van der Waals surface area contributed by atoms with Gasteiger partial charge in [-0.15, -0.1) is 4.98 Å². The number of anilines is 1. The molecule has 0 saturated heterocycles. The van der Waals surface area contributed by atoms with Crippen molar-refractivity contribution in [2.75, 3.05) is 12.5 Å². The lowest BCUT2D eigenvalue weighted by atomic mass is 10.3. The van der Waals surface area contributed by atoms with Gasteiger partial charge in [0.1, 0.15) is 0 Å². The molecule has 1 aromatic heterocycles. The highest BCUT2D eigenvalue weighted by Gasteiger charge is 2.13. The summed E-state index contributed by atoms with van der Waals surface area (Å²) in [7, 11) is 1.32. The lowest BCUT2D eigenvalue weighted by Crippen LogP contribution is -2.12. The molecular weight excluding hydrogens is 260 g/mol. The van der Waals surface area contributed by atoms with Crippen LogP contribution in [0.4, 0.5) is 14.7 Å². The smallest absolute Gasteiger partial charge is 0.330 e. The number of halogens is 2. The molecule has 0 spiro atoms. The molecule has 7 nitrogen and oxygen atoms in total. The topological polar surface area (TPSA) is 95.2 Å². The SMILES string of the molecule is COc1nc(NN)nc(Oc2cccc(F)c2F)n1. The van der Waals surface area contributed by atoms with Crippen molar-refractivity contribution >= 4 is 5.95 Å². The molecule has 0 aliphatic rings. The van der Waals surface area contributed by atoms with E-state index in [1.54, 1.807) is 0 Å². The van der Waals surface area contributed by atoms with E-state index in [0.29, 0.717) is 0 Å². The number of nitrogen functional groups attached to an aromatic ring is 1. The third kappa shape index (κ3) is 2.83. The van der Waals surface area contributed by atoms with Crippen molar-refractivity contribution in [2.45, 2.75) is 0 Å². The molecule has 9 heteroatoms. The number of hydrogen-bond acceptors (Lipinski definition) is 7. The number of hydrogen-bond donors (Lipinski definition) is 2. The van der Waals surface area contributed by atoms with Crippen LogP contribution in [0.15, 0.2) is 18.2 Å². The quantitative estimate of drug-likeness (QED) is 0.636. The van der Waals surface area contributed by atoms with Crippen LogP contribution in [-0.4, -0.2) is 22.1 Å². The maximum absolute atomic E-state index is 13.4. The molecule has 0 unspecified atom stereocenters. The maximum Gasteiger partial charge on any atom is 0.330 e. The number of nitrogens with zero attached hydrogens (tertiary/aromatic N) is 3. The standard InChI is InChI=1S/C10H9F2N5O2/c1-18-9-14-8(17-13)15-10(16-9)19-6-4-2-3-5(11)7(6)12/h2-4H,13H2,1H3,(H,14,15,16,17). The molecular formula is C10H9F2N5O2. The van der Waals surface area contributed by atoms with Crippen molar-refractivity contribution in [3.63, 3.8) is 0 Å².